The van der Waals surface area contributed by atoms with E-state index >= 15 is 0 Å². The Balaban J connectivity index is 2.25. The minimum atomic E-state index is -0.790. The van der Waals surface area contributed by atoms with E-state index in [1.807, 2.05) is 41.6 Å². The number of hydrogen-bond acceptors (Lipinski definition) is 4. The Labute approximate surface area is 123 Å². The second kappa shape index (κ2) is 6.39. The van der Waals surface area contributed by atoms with E-state index in [9.17, 15) is 4.79 Å². The quantitative estimate of drug-likeness (QED) is 0.792. The van der Waals surface area contributed by atoms with Crippen LogP contribution >= 0.6 is 0 Å². The SMILES string of the molecule is C=C(C)Cn1nnc2cc(N(CC)CCC(=O)O)ccc21. The van der Waals surface area contributed by atoms with Gasteiger partial charge in [0.1, 0.15) is 5.52 Å². The highest BCUT2D eigenvalue weighted by molar-refractivity contribution is 5.79. The van der Waals surface area contributed by atoms with E-state index in [2.05, 4.69) is 16.9 Å². The van der Waals surface area contributed by atoms with Crippen LogP contribution in [0.5, 0.6) is 0 Å². The predicted molar refractivity (Wildman–Crippen MR) is 82.5 cm³/mol. The fourth-order valence-electron chi connectivity index (χ4n) is 2.23. The Morgan fingerprint density at radius 1 is 1.48 bits per heavy atom. The fraction of sp³-hybridized carbons (Fsp3) is 0.400. The third kappa shape index (κ3) is 3.59. The van der Waals surface area contributed by atoms with E-state index in [1.54, 1.807) is 0 Å². The zero-order valence-electron chi connectivity index (χ0n) is 12.4. The molecule has 6 nitrogen and oxygen atoms in total. The van der Waals surface area contributed by atoms with Crippen LogP contribution < -0.4 is 4.90 Å². The highest BCUT2D eigenvalue weighted by Gasteiger charge is 2.10. The Bertz CT molecular complexity index is 663. The summed E-state index contributed by atoms with van der Waals surface area (Å²) in [5.74, 6) is -0.790. The number of carbonyl (C=O) groups is 1. The molecule has 112 valence electrons. The normalized spacial score (nSPS) is 10.8. The van der Waals surface area contributed by atoms with Crippen LogP contribution in [0.1, 0.15) is 20.3 Å². The number of allylic oxidation sites excluding steroid dienone is 1. The van der Waals surface area contributed by atoms with Crippen molar-refractivity contribution in [3.8, 4) is 0 Å². The van der Waals surface area contributed by atoms with Crippen LogP contribution in [-0.4, -0.2) is 39.2 Å². The summed E-state index contributed by atoms with van der Waals surface area (Å²) in [6.45, 7) is 9.72. The number of benzene rings is 1. The molecule has 6 heteroatoms. The summed E-state index contributed by atoms with van der Waals surface area (Å²) >= 11 is 0. The third-order valence-corrected chi connectivity index (χ3v) is 3.26. The highest BCUT2D eigenvalue weighted by atomic mass is 16.4. The van der Waals surface area contributed by atoms with Crippen molar-refractivity contribution in [2.75, 3.05) is 18.0 Å². The van der Waals surface area contributed by atoms with Crippen molar-refractivity contribution in [3.63, 3.8) is 0 Å². The molecule has 0 bridgehead atoms. The zero-order valence-corrected chi connectivity index (χ0v) is 12.4. The average molecular weight is 288 g/mol. The molecular weight excluding hydrogens is 268 g/mol. The Morgan fingerprint density at radius 3 is 2.86 bits per heavy atom. The van der Waals surface area contributed by atoms with Gasteiger partial charge in [-0.2, -0.15) is 0 Å². The van der Waals surface area contributed by atoms with Crippen molar-refractivity contribution in [1.82, 2.24) is 15.0 Å². The van der Waals surface area contributed by atoms with Gasteiger partial charge in [-0.25, -0.2) is 4.68 Å². The second-order valence-corrected chi connectivity index (χ2v) is 5.10. The number of carboxylic acid groups (broad SMARTS) is 1. The van der Waals surface area contributed by atoms with E-state index in [4.69, 9.17) is 5.11 Å². The van der Waals surface area contributed by atoms with E-state index < -0.39 is 5.97 Å². The van der Waals surface area contributed by atoms with Crippen LogP contribution in [0.4, 0.5) is 5.69 Å². The van der Waals surface area contributed by atoms with Crippen LogP contribution in [0.25, 0.3) is 11.0 Å². The van der Waals surface area contributed by atoms with Crippen molar-refractivity contribution in [2.24, 2.45) is 0 Å². The molecular formula is C15H20N4O2. The monoisotopic (exact) mass is 288 g/mol. The molecule has 0 aliphatic rings. The molecule has 0 amide bonds. The molecule has 0 saturated carbocycles. The summed E-state index contributed by atoms with van der Waals surface area (Å²) in [4.78, 5) is 12.7. The number of aromatic nitrogens is 3. The number of anilines is 1. The van der Waals surface area contributed by atoms with Gasteiger partial charge in [-0.15, -0.1) is 5.10 Å². The van der Waals surface area contributed by atoms with Gasteiger partial charge in [0.15, 0.2) is 0 Å². The number of rotatable bonds is 7. The number of fused-ring (bicyclic) bond motifs is 1. The maximum Gasteiger partial charge on any atom is 0.305 e. The summed E-state index contributed by atoms with van der Waals surface area (Å²) in [5, 5.41) is 17.1. The molecule has 2 rings (SSSR count). The molecule has 0 aliphatic carbocycles. The zero-order chi connectivity index (χ0) is 15.4. The van der Waals surface area contributed by atoms with Crippen LogP contribution in [0.2, 0.25) is 0 Å². The summed E-state index contributed by atoms with van der Waals surface area (Å²) < 4.78 is 1.81. The van der Waals surface area contributed by atoms with Crippen LogP contribution in [0.3, 0.4) is 0 Å². The molecule has 2 aromatic rings. The Kier molecular flexibility index (Phi) is 4.57. The topological polar surface area (TPSA) is 71.2 Å². The first kappa shape index (κ1) is 15.0. The predicted octanol–water partition coefficient (Wildman–Crippen LogP) is 2.31. The van der Waals surface area contributed by atoms with Gasteiger partial charge < -0.3 is 10.0 Å². The van der Waals surface area contributed by atoms with Crippen molar-refractivity contribution in [1.29, 1.82) is 0 Å². The first-order valence-corrected chi connectivity index (χ1v) is 6.95. The molecule has 0 saturated heterocycles. The lowest BCUT2D eigenvalue weighted by atomic mass is 10.2. The number of carboxylic acids is 1. The lowest BCUT2D eigenvalue weighted by Gasteiger charge is -2.22. The minimum Gasteiger partial charge on any atom is -0.481 e. The van der Waals surface area contributed by atoms with Gasteiger partial charge in [0.2, 0.25) is 0 Å². The molecule has 0 atom stereocenters. The second-order valence-electron chi connectivity index (χ2n) is 5.10. The van der Waals surface area contributed by atoms with Crippen molar-refractivity contribution >= 4 is 22.7 Å². The van der Waals surface area contributed by atoms with E-state index in [0.29, 0.717) is 13.1 Å². The van der Waals surface area contributed by atoms with Crippen molar-refractivity contribution in [3.05, 3.63) is 30.4 Å². The van der Waals surface area contributed by atoms with Crippen LogP contribution in [0.15, 0.2) is 30.4 Å². The Morgan fingerprint density at radius 2 is 2.24 bits per heavy atom. The first-order chi connectivity index (χ1) is 10.0. The van der Waals surface area contributed by atoms with Gasteiger partial charge in [0, 0.05) is 18.8 Å². The van der Waals surface area contributed by atoms with Gasteiger partial charge in [-0.1, -0.05) is 17.4 Å². The lowest BCUT2D eigenvalue weighted by Crippen LogP contribution is -2.25. The fourth-order valence-corrected chi connectivity index (χ4v) is 2.23. The van der Waals surface area contributed by atoms with Gasteiger partial charge >= 0.3 is 5.97 Å². The van der Waals surface area contributed by atoms with E-state index in [-0.39, 0.29) is 6.42 Å². The molecule has 0 unspecified atom stereocenters. The number of nitrogens with zero attached hydrogens (tertiary/aromatic N) is 4. The Hall–Kier alpha value is -2.37. The highest BCUT2D eigenvalue weighted by Crippen LogP contribution is 2.21. The summed E-state index contributed by atoms with van der Waals surface area (Å²) in [6.07, 6.45) is 0.119. The molecule has 1 aromatic heterocycles. The van der Waals surface area contributed by atoms with Gasteiger partial charge in [0.25, 0.3) is 0 Å². The third-order valence-electron chi connectivity index (χ3n) is 3.26. The standard InChI is InChI=1S/C15H20N4O2/c1-4-18(8-7-15(20)21)12-5-6-14-13(9-12)16-17-19(14)10-11(2)3/h5-6,9H,2,4,7-8,10H2,1,3H3,(H,20,21). The van der Waals surface area contributed by atoms with E-state index in [0.717, 1.165) is 28.8 Å². The average Bonchev–Trinajstić information content (AvgIpc) is 2.81. The summed E-state index contributed by atoms with van der Waals surface area (Å²) in [6, 6.07) is 5.89. The maximum atomic E-state index is 10.7. The molecule has 0 radical (unpaired) electrons. The van der Waals surface area contributed by atoms with Crippen LogP contribution in [0, 0.1) is 0 Å². The molecule has 0 spiro atoms. The molecule has 0 fully saturated rings. The number of hydrogen-bond donors (Lipinski definition) is 1. The largest absolute Gasteiger partial charge is 0.481 e. The molecule has 0 aliphatic heterocycles. The smallest absolute Gasteiger partial charge is 0.305 e. The van der Waals surface area contributed by atoms with Gasteiger partial charge in [-0.05, 0) is 32.0 Å². The van der Waals surface area contributed by atoms with Gasteiger partial charge in [0.05, 0.1) is 18.5 Å². The summed E-state index contributed by atoms with van der Waals surface area (Å²) in [5.41, 5.74) is 3.75. The minimum absolute atomic E-state index is 0.119. The number of aliphatic carboxylic acids is 1. The molecule has 1 heterocycles. The molecule has 21 heavy (non-hydrogen) atoms. The van der Waals surface area contributed by atoms with Crippen LogP contribution in [-0.2, 0) is 11.3 Å². The maximum absolute atomic E-state index is 10.7. The van der Waals surface area contributed by atoms with Crippen molar-refractivity contribution < 1.29 is 9.90 Å². The van der Waals surface area contributed by atoms with Gasteiger partial charge in [-0.3, -0.25) is 4.79 Å². The van der Waals surface area contributed by atoms with Crippen molar-refractivity contribution in [2.45, 2.75) is 26.8 Å². The van der Waals surface area contributed by atoms with E-state index in [1.165, 1.54) is 0 Å². The molecule has 1 aromatic carbocycles. The molecule has 1 N–H and O–H groups in total. The summed E-state index contributed by atoms with van der Waals surface area (Å²) in [7, 11) is 0. The first-order valence-electron chi connectivity index (χ1n) is 6.95. The lowest BCUT2D eigenvalue weighted by molar-refractivity contribution is -0.136.